The topological polar surface area (TPSA) is 82.5 Å². The normalized spacial score (nSPS) is 15.7. The Morgan fingerprint density at radius 2 is 1.80 bits per heavy atom. The largest absolute Gasteiger partial charge is 0.457 e. The van der Waals surface area contributed by atoms with Gasteiger partial charge in [-0.15, -0.1) is 0 Å². The van der Waals surface area contributed by atoms with E-state index >= 15 is 0 Å². The summed E-state index contributed by atoms with van der Waals surface area (Å²) >= 11 is 0. The Labute approximate surface area is 167 Å². The smallest absolute Gasteiger partial charge is 0.416 e. The molecule has 3 aromatic carbocycles. The van der Waals surface area contributed by atoms with Gasteiger partial charge in [0.15, 0.2) is 0 Å². The summed E-state index contributed by atoms with van der Waals surface area (Å²) in [5, 5.41) is 6.15. The highest BCUT2D eigenvalue weighted by molar-refractivity contribution is 7.92. The molecule has 0 saturated heterocycles. The van der Waals surface area contributed by atoms with Crippen LogP contribution in [0.5, 0.6) is 11.5 Å². The van der Waals surface area contributed by atoms with E-state index in [9.17, 15) is 21.6 Å². The number of nitrogens with one attached hydrogen (secondary N) is 1. The van der Waals surface area contributed by atoms with E-state index in [2.05, 4.69) is 9.93 Å². The van der Waals surface area contributed by atoms with Gasteiger partial charge in [-0.2, -0.15) is 36.3 Å². The molecule has 2 aliphatic heterocycles. The molecule has 154 valence electrons. The Morgan fingerprint density at radius 1 is 1.00 bits per heavy atom. The molecule has 7 nitrogen and oxygen atoms in total. The van der Waals surface area contributed by atoms with Crippen LogP contribution >= 0.6 is 0 Å². The van der Waals surface area contributed by atoms with Gasteiger partial charge in [0.05, 0.1) is 11.8 Å². The number of hydrogen-bond acceptors (Lipinski definition) is 5. The third-order valence-corrected chi connectivity index (χ3v) is 6.04. The fraction of sp³-hybridized carbons (Fsp3) is 0.105. The number of aromatic nitrogens is 2. The fourth-order valence-corrected chi connectivity index (χ4v) is 4.46. The number of benzene rings is 3. The lowest BCUT2D eigenvalue weighted by atomic mass is 10.1. The Bertz CT molecular complexity index is 1410. The monoisotopic (exact) mass is 435 g/mol. The summed E-state index contributed by atoms with van der Waals surface area (Å²) in [5.41, 5.74) is -0.670. The molecule has 0 spiro atoms. The predicted octanol–water partition coefficient (Wildman–Crippen LogP) is 3.87. The molecule has 2 aliphatic rings. The van der Waals surface area contributed by atoms with Crippen LogP contribution < -0.4 is 14.3 Å². The lowest BCUT2D eigenvalue weighted by Gasteiger charge is -2.16. The molecule has 0 saturated carbocycles. The summed E-state index contributed by atoms with van der Waals surface area (Å²) in [6, 6.07) is 11.0. The van der Waals surface area contributed by atoms with E-state index in [1.165, 1.54) is 6.20 Å². The number of sulfonamides is 1. The zero-order valence-corrected chi connectivity index (χ0v) is 15.8. The van der Waals surface area contributed by atoms with E-state index in [1.807, 2.05) is 6.07 Å². The van der Waals surface area contributed by atoms with Crippen molar-refractivity contribution in [2.24, 2.45) is 0 Å². The van der Waals surface area contributed by atoms with Crippen molar-refractivity contribution in [1.29, 1.82) is 0 Å². The lowest BCUT2D eigenvalue weighted by Crippen LogP contribution is -2.25. The van der Waals surface area contributed by atoms with Crippen molar-refractivity contribution in [1.82, 2.24) is 9.89 Å². The van der Waals surface area contributed by atoms with E-state index in [1.54, 1.807) is 24.3 Å². The number of nitrogens with zero attached hydrogens (tertiary/aromatic N) is 2. The van der Waals surface area contributed by atoms with Crippen molar-refractivity contribution >= 4 is 31.7 Å². The van der Waals surface area contributed by atoms with Crippen molar-refractivity contribution < 1.29 is 31.1 Å². The highest BCUT2D eigenvalue weighted by Crippen LogP contribution is 2.35. The summed E-state index contributed by atoms with van der Waals surface area (Å²) in [4.78, 5) is 2.58. The van der Waals surface area contributed by atoms with E-state index in [0.29, 0.717) is 28.1 Å². The third-order valence-electron chi connectivity index (χ3n) is 4.73. The Balaban J connectivity index is 1.76. The van der Waals surface area contributed by atoms with Gasteiger partial charge in [0.1, 0.15) is 21.9 Å². The Kier molecular flexibility index (Phi) is 3.87. The Hall–Kier alpha value is -3.47. The van der Waals surface area contributed by atoms with Gasteiger partial charge in [0.2, 0.25) is 6.79 Å². The van der Waals surface area contributed by atoms with Crippen LogP contribution in [-0.4, -0.2) is 25.1 Å². The van der Waals surface area contributed by atoms with Crippen LogP contribution in [0.1, 0.15) is 5.56 Å². The molecule has 4 aromatic rings. The lowest BCUT2D eigenvalue weighted by molar-refractivity contribution is -0.137. The standard InChI is InChI=1S/C19H12F3N3O4S/c20-19(21,22)13-3-6-16-17(8-13)30(26,27)24-25-18-12(9-23-25)2-1-11-7-14(28-10-29-16)4-5-15(11)18/h1-9,24H,10H2. The average Bonchev–Trinajstić information content (AvgIpc) is 3.09. The van der Waals surface area contributed by atoms with Crippen LogP contribution in [0.4, 0.5) is 13.2 Å². The van der Waals surface area contributed by atoms with Crippen molar-refractivity contribution in [3.8, 4) is 11.5 Å². The zero-order chi connectivity index (χ0) is 21.1. The minimum absolute atomic E-state index is 0.285. The fourth-order valence-electron chi connectivity index (χ4n) is 3.32. The number of rotatable bonds is 0. The van der Waals surface area contributed by atoms with Gasteiger partial charge < -0.3 is 9.47 Å². The second kappa shape index (κ2) is 6.26. The summed E-state index contributed by atoms with van der Waals surface area (Å²) in [6.07, 6.45) is -3.28. The molecule has 30 heavy (non-hydrogen) atoms. The number of ether oxygens (including phenoxy) is 2. The van der Waals surface area contributed by atoms with Gasteiger partial charge in [0.25, 0.3) is 10.0 Å². The minimum Gasteiger partial charge on any atom is -0.457 e. The van der Waals surface area contributed by atoms with Crippen LogP contribution in [0, 0.1) is 0 Å². The van der Waals surface area contributed by atoms with Gasteiger partial charge >= 0.3 is 6.18 Å². The molecule has 3 heterocycles. The molecule has 0 unspecified atom stereocenters. The van der Waals surface area contributed by atoms with Crippen LogP contribution in [0.15, 0.2) is 59.6 Å². The van der Waals surface area contributed by atoms with Crippen molar-refractivity contribution in [3.05, 3.63) is 60.3 Å². The van der Waals surface area contributed by atoms with Crippen molar-refractivity contribution in [2.75, 3.05) is 11.6 Å². The molecule has 4 bridgehead atoms. The van der Waals surface area contributed by atoms with Gasteiger partial charge in [-0.3, -0.25) is 0 Å². The van der Waals surface area contributed by atoms with Gasteiger partial charge in [-0.25, -0.2) is 0 Å². The van der Waals surface area contributed by atoms with Gasteiger partial charge in [-0.05, 0) is 41.8 Å². The Morgan fingerprint density at radius 3 is 2.60 bits per heavy atom. The van der Waals surface area contributed by atoms with Crippen LogP contribution in [0.2, 0.25) is 0 Å². The van der Waals surface area contributed by atoms with E-state index in [0.717, 1.165) is 22.3 Å². The second-order valence-corrected chi connectivity index (χ2v) is 8.23. The first-order valence-electron chi connectivity index (χ1n) is 8.62. The number of fused-ring (bicyclic) bond motifs is 4. The number of hydrogen-bond donors (Lipinski definition) is 1. The molecule has 0 fully saturated rings. The molecule has 1 aromatic heterocycles. The number of halogens is 3. The molecule has 1 N–H and O–H groups in total. The first kappa shape index (κ1) is 18.6. The maximum atomic E-state index is 13.2. The molecule has 11 heteroatoms. The van der Waals surface area contributed by atoms with Gasteiger partial charge in [0, 0.05) is 10.8 Å². The molecule has 0 radical (unpaired) electrons. The van der Waals surface area contributed by atoms with Crippen molar-refractivity contribution in [2.45, 2.75) is 11.1 Å². The summed E-state index contributed by atoms with van der Waals surface area (Å²) in [7, 11) is -4.49. The van der Waals surface area contributed by atoms with E-state index in [4.69, 9.17) is 9.47 Å². The maximum Gasteiger partial charge on any atom is 0.416 e. The predicted molar refractivity (Wildman–Crippen MR) is 101 cm³/mol. The highest BCUT2D eigenvalue weighted by atomic mass is 32.2. The summed E-state index contributed by atoms with van der Waals surface area (Å²) in [6.45, 7) is -0.397. The van der Waals surface area contributed by atoms with Crippen LogP contribution in [0.25, 0.3) is 21.7 Å². The average molecular weight is 435 g/mol. The molecule has 0 atom stereocenters. The van der Waals surface area contributed by atoms with Gasteiger partial charge in [-0.1, -0.05) is 12.1 Å². The zero-order valence-electron chi connectivity index (χ0n) is 15.0. The SMILES string of the molecule is O=S1(=O)Nn2ncc3ccc4cc(ccc4c32)OCOc2ccc(C(F)(F)F)cc21. The molecule has 0 amide bonds. The molecular formula is C19H12F3N3O4S. The van der Waals surface area contributed by atoms with Crippen LogP contribution in [0.3, 0.4) is 0 Å². The second-order valence-electron chi connectivity index (χ2n) is 6.60. The minimum atomic E-state index is -4.73. The number of alkyl halides is 3. The van der Waals surface area contributed by atoms with E-state index < -0.39 is 33.5 Å². The maximum absolute atomic E-state index is 13.2. The van der Waals surface area contributed by atoms with Crippen molar-refractivity contribution in [3.63, 3.8) is 0 Å². The summed E-state index contributed by atoms with van der Waals surface area (Å²) < 4.78 is 76.5. The third kappa shape index (κ3) is 2.98. The van der Waals surface area contributed by atoms with Crippen LogP contribution in [-0.2, 0) is 16.2 Å². The van der Waals surface area contributed by atoms with E-state index in [-0.39, 0.29) is 5.75 Å². The highest BCUT2D eigenvalue weighted by Gasteiger charge is 2.33. The quantitative estimate of drug-likeness (QED) is 0.454. The molecule has 0 aliphatic carbocycles. The first-order valence-corrected chi connectivity index (χ1v) is 10.1. The first-order chi connectivity index (χ1) is 14.2. The molecule has 6 rings (SSSR count). The summed E-state index contributed by atoms with van der Waals surface area (Å²) in [5.74, 6) is 0.170. The molecular weight excluding hydrogens is 423 g/mol.